The van der Waals surface area contributed by atoms with Gasteiger partial charge in [0.05, 0.1) is 24.5 Å². The first-order valence-corrected chi connectivity index (χ1v) is 9.83. The highest BCUT2D eigenvalue weighted by molar-refractivity contribution is 6.00. The minimum absolute atomic E-state index is 0.0620. The molecule has 2 aromatic carbocycles. The second-order valence-corrected chi connectivity index (χ2v) is 7.43. The number of hydrogen-bond acceptors (Lipinski definition) is 4. The summed E-state index contributed by atoms with van der Waals surface area (Å²) < 4.78 is 7.10. The quantitative estimate of drug-likeness (QED) is 0.740. The Morgan fingerprint density at radius 1 is 1.14 bits per heavy atom. The fraction of sp³-hybridized carbons (Fsp3) is 0.304. The topological polar surface area (TPSA) is 67.6 Å². The number of methoxy groups -OCH3 is 1. The SMILES string of the molecule is COc1cccc(-c2nn(-c3ccc(C)cc3)cc2C(=O)N2CCC(O)CC2)c1. The highest BCUT2D eigenvalue weighted by Gasteiger charge is 2.27. The number of hydrogen-bond donors (Lipinski definition) is 1. The van der Waals surface area contributed by atoms with E-state index in [1.54, 1.807) is 22.9 Å². The van der Waals surface area contributed by atoms with E-state index < -0.39 is 0 Å². The maximum Gasteiger partial charge on any atom is 0.257 e. The van der Waals surface area contributed by atoms with E-state index in [0.29, 0.717) is 42.9 Å². The van der Waals surface area contributed by atoms with Crippen LogP contribution in [0.3, 0.4) is 0 Å². The zero-order valence-corrected chi connectivity index (χ0v) is 16.7. The number of ether oxygens (including phenoxy) is 1. The van der Waals surface area contributed by atoms with E-state index in [1.807, 2.05) is 55.5 Å². The summed E-state index contributed by atoms with van der Waals surface area (Å²) >= 11 is 0. The number of rotatable bonds is 4. The third kappa shape index (κ3) is 4.03. The lowest BCUT2D eigenvalue weighted by Crippen LogP contribution is -2.40. The fourth-order valence-electron chi connectivity index (χ4n) is 3.58. The normalized spacial score (nSPS) is 14.8. The molecule has 6 heteroatoms. The van der Waals surface area contributed by atoms with Crippen LogP contribution in [0.5, 0.6) is 5.75 Å². The van der Waals surface area contributed by atoms with Crippen molar-refractivity contribution in [1.82, 2.24) is 14.7 Å². The summed E-state index contributed by atoms with van der Waals surface area (Å²) in [6.07, 6.45) is 2.68. The predicted molar refractivity (Wildman–Crippen MR) is 111 cm³/mol. The summed E-state index contributed by atoms with van der Waals surface area (Å²) in [5.74, 6) is 0.653. The molecule has 1 saturated heterocycles. The maximum absolute atomic E-state index is 13.3. The molecule has 0 atom stereocenters. The summed E-state index contributed by atoms with van der Waals surface area (Å²) in [5.41, 5.74) is 4.07. The molecule has 0 saturated carbocycles. The predicted octanol–water partition coefficient (Wildman–Crippen LogP) is 3.45. The van der Waals surface area contributed by atoms with Gasteiger partial charge in [0.15, 0.2) is 0 Å². The Labute approximate surface area is 170 Å². The molecule has 3 aromatic rings. The monoisotopic (exact) mass is 391 g/mol. The number of likely N-dealkylation sites (tertiary alicyclic amines) is 1. The second-order valence-electron chi connectivity index (χ2n) is 7.43. The fourth-order valence-corrected chi connectivity index (χ4v) is 3.58. The van der Waals surface area contributed by atoms with Crippen LogP contribution in [0, 0.1) is 6.92 Å². The van der Waals surface area contributed by atoms with E-state index in [4.69, 9.17) is 9.84 Å². The molecular weight excluding hydrogens is 366 g/mol. The van der Waals surface area contributed by atoms with Crippen molar-refractivity contribution >= 4 is 5.91 Å². The smallest absolute Gasteiger partial charge is 0.257 e. The van der Waals surface area contributed by atoms with Gasteiger partial charge in [0.25, 0.3) is 5.91 Å². The minimum Gasteiger partial charge on any atom is -0.497 e. The van der Waals surface area contributed by atoms with Crippen molar-refractivity contribution in [1.29, 1.82) is 0 Å². The van der Waals surface area contributed by atoms with Gasteiger partial charge in [-0.2, -0.15) is 5.10 Å². The number of piperidine rings is 1. The third-order valence-corrected chi connectivity index (χ3v) is 5.34. The van der Waals surface area contributed by atoms with E-state index in [9.17, 15) is 9.90 Å². The summed E-state index contributed by atoms with van der Waals surface area (Å²) in [4.78, 5) is 15.1. The molecule has 1 aliphatic heterocycles. The van der Waals surface area contributed by atoms with Crippen molar-refractivity contribution in [3.8, 4) is 22.7 Å². The van der Waals surface area contributed by atoms with Crippen LogP contribution in [0.25, 0.3) is 16.9 Å². The number of benzene rings is 2. The lowest BCUT2D eigenvalue weighted by molar-refractivity contribution is 0.0547. The molecule has 6 nitrogen and oxygen atoms in total. The van der Waals surface area contributed by atoms with Crippen LogP contribution in [-0.2, 0) is 0 Å². The van der Waals surface area contributed by atoms with Gasteiger partial charge in [-0.3, -0.25) is 4.79 Å². The van der Waals surface area contributed by atoms with Gasteiger partial charge < -0.3 is 14.7 Å². The molecule has 1 aromatic heterocycles. The second kappa shape index (κ2) is 8.09. The first-order chi connectivity index (χ1) is 14.0. The molecule has 1 aliphatic rings. The molecule has 2 heterocycles. The molecule has 1 N–H and O–H groups in total. The van der Waals surface area contributed by atoms with Gasteiger partial charge in [0.2, 0.25) is 0 Å². The number of aryl methyl sites for hydroxylation is 1. The van der Waals surface area contributed by atoms with Gasteiger partial charge in [-0.05, 0) is 44.0 Å². The Morgan fingerprint density at radius 2 is 1.86 bits per heavy atom. The minimum atomic E-state index is -0.327. The molecule has 1 amide bonds. The number of carbonyl (C=O) groups excluding carboxylic acids is 1. The standard InChI is InChI=1S/C23H25N3O3/c1-16-6-8-18(9-7-16)26-15-21(23(28)25-12-10-19(27)11-13-25)22(24-26)17-4-3-5-20(14-17)29-2/h3-9,14-15,19,27H,10-13H2,1-2H3. The summed E-state index contributed by atoms with van der Waals surface area (Å²) in [5, 5.41) is 14.5. The molecular formula is C23H25N3O3. The van der Waals surface area contributed by atoms with Crippen LogP contribution in [0.15, 0.2) is 54.7 Å². The molecule has 0 unspecified atom stereocenters. The molecule has 29 heavy (non-hydrogen) atoms. The highest BCUT2D eigenvalue weighted by atomic mass is 16.5. The maximum atomic E-state index is 13.3. The van der Waals surface area contributed by atoms with Crippen LogP contribution in [-0.4, -0.2) is 52.0 Å². The van der Waals surface area contributed by atoms with Crippen LogP contribution in [0.1, 0.15) is 28.8 Å². The number of aliphatic hydroxyl groups excluding tert-OH is 1. The largest absolute Gasteiger partial charge is 0.497 e. The first-order valence-electron chi connectivity index (χ1n) is 9.83. The number of amides is 1. The first kappa shape index (κ1) is 19.2. The van der Waals surface area contributed by atoms with Gasteiger partial charge in [-0.25, -0.2) is 4.68 Å². The van der Waals surface area contributed by atoms with Crippen molar-refractivity contribution in [3.63, 3.8) is 0 Å². The van der Waals surface area contributed by atoms with Crippen LogP contribution < -0.4 is 4.74 Å². The molecule has 0 bridgehead atoms. The van der Waals surface area contributed by atoms with Gasteiger partial charge >= 0.3 is 0 Å². The van der Waals surface area contributed by atoms with Gasteiger partial charge in [0, 0.05) is 24.8 Å². The van der Waals surface area contributed by atoms with Crippen molar-refractivity contribution in [2.45, 2.75) is 25.9 Å². The lowest BCUT2D eigenvalue weighted by Gasteiger charge is -2.29. The molecule has 0 spiro atoms. The zero-order chi connectivity index (χ0) is 20.4. The average molecular weight is 391 g/mol. The van der Waals surface area contributed by atoms with Crippen molar-refractivity contribution in [3.05, 3.63) is 65.9 Å². The summed E-state index contributed by atoms with van der Waals surface area (Å²) in [7, 11) is 1.62. The van der Waals surface area contributed by atoms with Crippen molar-refractivity contribution in [2.24, 2.45) is 0 Å². The Kier molecular flexibility index (Phi) is 5.36. The number of carbonyl (C=O) groups is 1. The summed E-state index contributed by atoms with van der Waals surface area (Å²) in [6.45, 7) is 3.13. The van der Waals surface area contributed by atoms with E-state index >= 15 is 0 Å². The molecule has 0 radical (unpaired) electrons. The summed E-state index contributed by atoms with van der Waals surface area (Å²) in [6, 6.07) is 15.6. The third-order valence-electron chi connectivity index (χ3n) is 5.34. The average Bonchev–Trinajstić information content (AvgIpc) is 3.20. The van der Waals surface area contributed by atoms with Crippen LogP contribution >= 0.6 is 0 Å². The lowest BCUT2D eigenvalue weighted by atomic mass is 10.0. The van der Waals surface area contributed by atoms with Gasteiger partial charge in [-0.15, -0.1) is 0 Å². The Hall–Kier alpha value is -3.12. The van der Waals surface area contributed by atoms with E-state index in [1.165, 1.54) is 0 Å². The van der Waals surface area contributed by atoms with Crippen molar-refractivity contribution < 1.29 is 14.6 Å². The Bertz CT molecular complexity index is 1000. The van der Waals surface area contributed by atoms with Gasteiger partial charge in [-0.1, -0.05) is 29.8 Å². The molecule has 0 aliphatic carbocycles. The number of aromatic nitrogens is 2. The number of nitrogens with zero attached hydrogens (tertiary/aromatic N) is 3. The van der Waals surface area contributed by atoms with Crippen LogP contribution in [0.4, 0.5) is 0 Å². The molecule has 4 rings (SSSR count). The molecule has 1 fully saturated rings. The van der Waals surface area contributed by atoms with Crippen molar-refractivity contribution in [2.75, 3.05) is 20.2 Å². The van der Waals surface area contributed by atoms with E-state index in [0.717, 1.165) is 16.8 Å². The van der Waals surface area contributed by atoms with Gasteiger partial charge in [0.1, 0.15) is 11.4 Å². The zero-order valence-electron chi connectivity index (χ0n) is 16.7. The highest BCUT2D eigenvalue weighted by Crippen LogP contribution is 2.28. The van der Waals surface area contributed by atoms with E-state index in [2.05, 4.69) is 0 Å². The Morgan fingerprint density at radius 3 is 2.55 bits per heavy atom. The van der Waals surface area contributed by atoms with E-state index in [-0.39, 0.29) is 12.0 Å². The molecule has 150 valence electrons. The van der Waals surface area contributed by atoms with Crippen LogP contribution in [0.2, 0.25) is 0 Å². The Balaban J connectivity index is 1.77. The number of aliphatic hydroxyl groups is 1.